The molecular weight excluding hydrogens is 1080 g/mol. The van der Waals surface area contributed by atoms with Crippen molar-refractivity contribution >= 4 is 11.8 Å². The molecule has 28 atom stereocenters. The maximum absolute atomic E-state index is 12.9. The first kappa shape index (κ1) is 66.6. The lowest BCUT2D eigenvalue weighted by atomic mass is 9.84. The summed E-state index contributed by atoms with van der Waals surface area (Å²) in [4.78, 5) is 25.9. The predicted molar refractivity (Wildman–Crippen MR) is 289 cm³/mol. The lowest BCUT2D eigenvalue weighted by Gasteiger charge is -2.48. The third-order valence-electron chi connectivity index (χ3n) is 16.2. The van der Waals surface area contributed by atoms with Crippen LogP contribution in [-0.4, -0.2) is 276 Å². The maximum Gasteiger partial charge on any atom is 0.251 e. The molecule has 2 saturated carbocycles. The van der Waals surface area contributed by atoms with E-state index < -0.39 is 171 Å². The Morgan fingerprint density at radius 1 is 0.427 bits per heavy atom. The molecule has 28 unspecified atom stereocenters. The second-order valence-electron chi connectivity index (χ2n) is 22.4. The standard InChI is InChI=1S/C50H92N14O18/c51-15-29-27(65)13-25(57)47(75-29)79-41-21(53)11-23(55)43(39(41)71)81-49-37(69)33(59)35(67)31(77-49)17-61-7-1-9-63-45(73)19-3-5-20(6-4-19)46(74)64-10-2-8-62-18-32-36(68)34(60)38(70)50(78-32)82-44-24(56)12-22(54)42(40(44)72)80-48-26(58)14-28(66)30(16-52)76-48/h3-6,21-44,47-50,61-62,65-72H,1-2,7-18,51-60H2,(H,63,73)(H,64,74). The number of benzene rings is 1. The fraction of sp³-hybridized carbons (Fsp3) is 0.840. The Kier molecular flexibility index (Phi) is 24.8. The van der Waals surface area contributed by atoms with Crippen molar-refractivity contribution in [3.05, 3.63) is 35.4 Å². The molecule has 2 aliphatic carbocycles. The van der Waals surface area contributed by atoms with Crippen LogP contribution in [0.25, 0.3) is 0 Å². The van der Waals surface area contributed by atoms with E-state index in [9.17, 15) is 50.4 Å². The van der Waals surface area contributed by atoms with Gasteiger partial charge in [0.15, 0.2) is 25.2 Å². The van der Waals surface area contributed by atoms with Crippen LogP contribution >= 0.6 is 0 Å². The molecule has 6 aliphatic rings. The minimum Gasteiger partial charge on any atom is -0.390 e. The Morgan fingerprint density at radius 3 is 1.07 bits per heavy atom. The fourth-order valence-corrected chi connectivity index (χ4v) is 11.2. The summed E-state index contributed by atoms with van der Waals surface area (Å²) in [7, 11) is 0. The van der Waals surface area contributed by atoms with Crippen LogP contribution in [0, 0.1) is 0 Å². The van der Waals surface area contributed by atoms with Crippen LogP contribution in [0.4, 0.5) is 0 Å². The van der Waals surface area contributed by atoms with Gasteiger partial charge >= 0.3 is 0 Å². The summed E-state index contributed by atoms with van der Waals surface area (Å²) in [5, 5.41) is 98.9. The Labute approximate surface area is 475 Å². The van der Waals surface area contributed by atoms with Gasteiger partial charge in [-0.3, -0.25) is 9.59 Å². The number of nitrogens with one attached hydrogen (secondary N) is 4. The van der Waals surface area contributed by atoms with Gasteiger partial charge < -0.3 is 157 Å². The highest BCUT2D eigenvalue weighted by Gasteiger charge is 2.52. The highest BCUT2D eigenvalue weighted by molar-refractivity contribution is 5.97. The zero-order valence-corrected chi connectivity index (χ0v) is 45.8. The van der Waals surface area contributed by atoms with Crippen LogP contribution in [0.2, 0.25) is 0 Å². The molecule has 470 valence electrons. The van der Waals surface area contributed by atoms with Crippen molar-refractivity contribution in [3.8, 4) is 0 Å². The molecule has 0 aromatic heterocycles. The number of aliphatic hydroxyl groups is 8. The Bertz CT molecular complexity index is 1990. The van der Waals surface area contributed by atoms with E-state index in [1.807, 2.05) is 0 Å². The Hall–Kier alpha value is -2.96. The number of aliphatic hydroxyl groups excluding tert-OH is 8. The molecule has 0 bridgehead atoms. The van der Waals surface area contributed by atoms with E-state index in [-0.39, 0.29) is 76.8 Å². The van der Waals surface area contributed by atoms with E-state index in [4.69, 9.17) is 95.2 Å². The number of carbonyl (C=O) groups is 2. The summed E-state index contributed by atoms with van der Waals surface area (Å²) < 4.78 is 47.6. The van der Waals surface area contributed by atoms with Crippen LogP contribution in [0.3, 0.4) is 0 Å². The molecule has 6 fully saturated rings. The number of nitrogens with two attached hydrogens (primary N) is 10. The van der Waals surface area contributed by atoms with Crippen LogP contribution in [0.1, 0.15) is 59.2 Å². The molecule has 4 saturated heterocycles. The van der Waals surface area contributed by atoms with Crippen molar-refractivity contribution in [1.82, 2.24) is 21.3 Å². The molecule has 32 heteroatoms. The Morgan fingerprint density at radius 2 is 0.744 bits per heavy atom. The van der Waals surface area contributed by atoms with Gasteiger partial charge in [-0.2, -0.15) is 0 Å². The fourth-order valence-electron chi connectivity index (χ4n) is 11.2. The van der Waals surface area contributed by atoms with Gasteiger partial charge in [-0.05, 0) is 75.9 Å². The summed E-state index contributed by atoms with van der Waals surface area (Å²) in [6.07, 6.45) is -21.5. The van der Waals surface area contributed by atoms with E-state index in [2.05, 4.69) is 21.3 Å². The van der Waals surface area contributed by atoms with Gasteiger partial charge in [0.05, 0.1) is 60.8 Å². The zero-order chi connectivity index (χ0) is 59.7. The topological polar surface area (TPSA) is 578 Å². The van der Waals surface area contributed by atoms with Crippen LogP contribution in [0.5, 0.6) is 0 Å². The average molecular weight is 1180 g/mol. The molecule has 1 aromatic rings. The van der Waals surface area contributed by atoms with Gasteiger partial charge in [0, 0.05) is 74.6 Å². The largest absolute Gasteiger partial charge is 0.390 e. The third kappa shape index (κ3) is 16.4. The molecule has 4 aliphatic heterocycles. The average Bonchev–Trinajstić information content (AvgIpc) is 3.40. The summed E-state index contributed by atoms with van der Waals surface area (Å²) in [5.41, 5.74) is 62.3. The van der Waals surface area contributed by atoms with Crippen LogP contribution in [-0.2, 0) is 37.9 Å². The van der Waals surface area contributed by atoms with Crippen LogP contribution in [0.15, 0.2) is 24.3 Å². The minimum atomic E-state index is -1.50. The summed E-state index contributed by atoms with van der Waals surface area (Å²) in [6, 6.07) is -0.914. The first-order valence-electron chi connectivity index (χ1n) is 28.2. The molecule has 4 heterocycles. The Balaban J connectivity index is 0.775. The molecule has 32 N–H and O–H groups in total. The lowest BCUT2D eigenvalue weighted by molar-refractivity contribution is -0.311. The number of hydrogen-bond acceptors (Lipinski definition) is 30. The summed E-state index contributed by atoms with van der Waals surface area (Å²) in [6.45, 7) is 1.46. The van der Waals surface area contributed by atoms with Crippen molar-refractivity contribution < 1.29 is 88.3 Å². The first-order valence-corrected chi connectivity index (χ1v) is 28.2. The number of rotatable bonds is 24. The molecule has 1 aromatic carbocycles. The van der Waals surface area contributed by atoms with Crippen molar-refractivity contribution in [2.75, 3.05) is 52.4 Å². The van der Waals surface area contributed by atoms with E-state index in [0.29, 0.717) is 37.1 Å². The molecule has 0 radical (unpaired) electrons. The number of carbonyl (C=O) groups excluding carboxylic acids is 2. The first-order chi connectivity index (χ1) is 39.0. The van der Waals surface area contributed by atoms with E-state index >= 15 is 0 Å². The SMILES string of the molecule is NCC1OC(OC2C(N)CC(N)C(OC3OC(CNCCCNC(=O)c4ccc(C(=O)NCCCNCC5OC(OC6C(N)CC(N)C(OC7OC(CN)C(O)CC7N)C6O)C(O)C(N)C5O)cc4)C(O)C(N)C3O)C2O)C(N)CC1O. The van der Waals surface area contributed by atoms with Gasteiger partial charge in [-0.15, -0.1) is 0 Å². The lowest BCUT2D eigenvalue weighted by Crippen LogP contribution is -2.68. The molecule has 7 rings (SSSR count). The van der Waals surface area contributed by atoms with Crippen molar-refractivity contribution in [3.63, 3.8) is 0 Å². The molecular formula is C50H92N14O18. The van der Waals surface area contributed by atoms with Gasteiger partial charge in [-0.1, -0.05) is 0 Å². The quantitative estimate of drug-likeness (QED) is 0.0427. The minimum absolute atomic E-state index is 0.0114. The summed E-state index contributed by atoms with van der Waals surface area (Å²) in [5.74, 6) is -0.736. The van der Waals surface area contributed by atoms with Crippen LogP contribution < -0.4 is 78.6 Å². The van der Waals surface area contributed by atoms with E-state index in [0.717, 1.165) is 0 Å². The zero-order valence-electron chi connectivity index (χ0n) is 45.8. The molecule has 2 amide bonds. The second-order valence-corrected chi connectivity index (χ2v) is 22.4. The molecule has 0 spiro atoms. The van der Waals surface area contributed by atoms with E-state index in [1.54, 1.807) is 0 Å². The van der Waals surface area contributed by atoms with Crippen molar-refractivity contribution in [2.24, 2.45) is 57.3 Å². The highest BCUT2D eigenvalue weighted by atomic mass is 16.7. The number of ether oxygens (including phenoxy) is 8. The highest BCUT2D eigenvalue weighted by Crippen LogP contribution is 2.33. The maximum atomic E-state index is 12.9. The summed E-state index contributed by atoms with van der Waals surface area (Å²) >= 11 is 0. The van der Waals surface area contributed by atoms with Gasteiger partial charge in [-0.25, -0.2) is 0 Å². The third-order valence-corrected chi connectivity index (χ3v) is 16.2. The normalized spacial score (nSPS) is 43.7. The van der Waals surface area contributed by atoms with Gasteiger partial charge in [0.1, 0.15) is 61.0 Å². The number of hydrogen-bond donors (Lipinski definition) is 22. The smallest absolute Gasteiger partial charge is 0.251 e. The predicted octanol–water partition coefficient (Wildman–Crippen LogP) is -11.4. The monoisotopic (exact) mass is 1180 g/mol. The van der Waals surface area contributed by atoms with Gasteiger partial charge in [0.2, 0.25) is 0 Å². The van der Waals surface area contributed by atoms with Crippen molar-refractivity contribution in [2.45, 2.75) is 210 Å². The second kappa shape index (κ2) is 30.6. The molecule has 32 nitrogen and oxygen atoms in total. The van der Waals surface area contributed by atoms with Gasteiger partial charge in [0.25, 0.3) is 11.8 Å². The van der Waals surface area contributed by atoms with E-state index in [1.165, 1.54) is 24.3 Å². The van der Waals surface area contributed by atoms with Crippen molar-refractivity contribution in [1.29, 1.82) is 0 Å². The molecule has 82 heavy (non-hydrogen) atoms. The number of amides is 2.